The Kier molecular flexibility index (Phi) is 8.02. The van der Waals surface area contributed by atoms with Gasteiger partial charge < -0.3 is 14.4 Å². The molecular formula is C26H29ClF3N5O2. The molecule has 0 bridgehead atoms. The fourth-order valence-corrected chi connectivity index (χ4v) is 5.28. The Bertz CT molecular complexity index is 1170. The molecule has 2 aromatic rings. The van der Waals surface area contributed by atoms with Crippen LogP contribution in [0.25, 0.3) is 0 Å². The molecule has 2 aliphatic rings. The normalized spacial score (nSPS) is 24.0. The SMILES string of the molecule is CC[C@@H]1C(C(F)(F)F)=NN(c2ccc(OC3CCN(c4cc(OC)ncc4Cl)CC3C)cc2)[C@H]1CC#N. The molecule has 1 aromatic heterocycles. The molecule has 7 nitrogen and oxygen atoms in total. The first-order valence-electron chi connectivity index (χ1n) is 12.2. The van der Waals surface area contributed by atoms with Crippen molar-refractivity contribution >= 4 is 28.7 Å². The summed E-state index contributed by atoms with van der Waals surface area (Å²) in [5, 5.41) is 15.0. The zero-order valence-corrected chi connectivity index (χ0v) is 21.6. The molecule has 4 rings (SSSR count). The van der Waals surface area contributed by atoms with Gasteiger partial charge >= 0.3 is 6.18 Å². The van der Waals surface area contributed by atoms with E-state index in [0.717, 1.165) is 25.2 Å². The Morgan fingerprint density at radius 1 is 1.24 bits per heavy atom. The number of nitriles is 1. The van der Waals surface area contributed by atoms with Gasteiger partial charge in [-0.3, -0.25) is 5.01 Å². The van der Waals surface area contributed by atoms with E-state index in [2.05, 4.69) is 21.9 Å². The van der Waals surface area contributed by atoms with E-state index in [1.807, 2.05) is 12.1 Å². The molecule has 1 aromatic carbocycles. The van der Waals surface area contributed by atoms with Gasteiger partial charge in [0.1, 0.15) is 17.6 Å². The number of alkyl halides is 3. The van der Waals surface area contributed by atoms with Gasteiger partial charge in [-0.05, 0) is 30.7 Å². The maximum Gasteiger partial charge on any atom is 0.431 e. The highest BCUT2D eigenvalue weighted by Gasteiger charge is 2.49. The molecule has 1 fully saturated rings. The quantitative estimate of drug-likeness (QED) is 0.427. The number of hydrazone groups is 1. The van der Waals surface area contributed by atoms with E-state index in [1.54, 1.807) is 44.5 Å². The molecule has 4 atom stereocenters. The van der Waals surface area contributed by atoms with Crippen molar-refractivity contribution in [3.63, 3.8) is 0 Å². The molecule has 0 aliphatic carbocycles. The lowest BCUT2D eigenvalue weighted by atomic mass is 9.90. The van der Waals surface area contributed by atoms with Crippen molar-refractivity contribution in [3.05, 3.63) is 41.6 Å². The summed E-state index contributed by atoms with van der Waals surface area (Å²) in [5.74, 6) is 0.459. The molecule has 0 radical (unpaired) electrons. The Morgan fingerprint density at radius 3 is 2.57 bits per heavy atom. The molecule has 3 heterocycles. The van der Waals surface area contributed by atoms with Crippen LogP contribution in [0.3, 0.4) is 0 Å². The van der Waals surface area contributed by atoms with E-state index < -0.39 is 23.8 Å². The molecule has 0 saturated carbocycles. The Hall–Kier alpha value is -3.19. The predicted molar refractivity (Wildman–Crippen MR) is 136 cm³/mol. The number of hydrogen-bond acceptors (Lipinski definition) is 7. The highest BCUT2D eigenvalue weighted by Crippen LogP contribution is 2.39. The van der Waals surface area contributed by atoms with Gasteiger partial charge in [-0.15, -0.1) is 0 Å². The van der Waals surface area contributed by atoms with Crippen LogP contribution in [0.1, 0.15) is 33.1 Å². The van der Waals surface area contributed by atoms with Crippen molar-refractivity contribution in [2.24, 2.45) is 16.9 Å². The number of methoxy groups -OCH3 is 1. The maximum absolute atomic E-state index is 13.6. The lowest BCUT2D eigenvalue weighted by molar-refractivity contribution is -0.0624. The average Bonchev–Trinajstić information content (AvgIpc) is 3.25. The minimum Gasteiger partial charge on any atom is -0.490 e. The van der Waals surface area contributed by atoms with Crippen molar-refractivity contribution < 1.29 is 22.6 Å². The van der Waals surface area contributed by atoms with Gasteiger partial charge in [-0.1, -0.05) is 25.4 Å². The number of piperidine rings is 1. The largest absolute Gasteiger partial charge is 0.490 e. The molecular weight excluding hydrogens is 507 g/mol. The lowest BCUT2D eigenvalue weighted by Gasteiger charge is -2.38. The molecule has 0 N–H and O–H groups in total. The topological polar surface area (TPSA) is 74.0 Å². The summed E-state index contributed by atoms with van der Waals surface area (Å²) >= 11 is 6.37. The van der Waals surface area contributed by atoms with Crippen LogP contribution < -0.4 is 19.4 Å². The third kappa shape index (κ3) is 5.72. The van der Waals surface area contributed by atoms with Crippen LogP contribution in [0, 0.1) is 23.2 Å². The summed E-state index contributed by atoms with van der Waals surface area (Å²) in [6.45, 7) is 5.25. The van der Waals surface area contributed by atoms with Crippen LogP contribution >= 0.6 is 11.6 Å². The zero-order chi connectivity index (χ0) is 26.7. The number of nitrogens with zero attached hydrogens (tertiary/aromatic N) is 5. The van der Waals surface area contributed by atoms with Gasteiger partial charge in [0.2, 0.25) is 5.88 Å². The fourth-order valence-electron chi connectivity index (χ4n) is 5.05. The molecule has 0 spiro atoms. The first-order chi connectivity index (χ1) is 17.7. The Labute approximate surface area is 219 Å². The highest BCUT2D eigenvalue weighted by atomic mass is 35.5. The molecule has 198 valence electrons. The van der Waals surface area contributed by atoms with Crippen molar-refractivity contribution in [2.75, 3.05) is 30.1 Å². The van der Waals surface area contributed by atoms with E-state index in [0.29, 0.717) is 22.3 Å². The molecule has 37 heavy (non-hydrogen) atoms. The van der Waals surface area contributed by atoms with Gasteiger partial charge in [0, 0.05) is 37.4 Å². The van der Waals surface area contributed by atoms with Crippen LogP contribution in [0.15, 0.2) is 41.6 Å². The van der Waals surface area contributed by atoms with E-state index in [-0.39, 0.29) is 24.9 Å². The number of rotatable bonds is 7. The van der Waals surface area contributed by atoms with Crippen LogP contribution in [-0.4, -0.2) is 49.2 Å². The number of anilines is 2. The first kappa shape index (κ1) is 26.9. The summed E-state index contributed by atoms with van der Waals surface area (Å²) in [6.07, 6.45) is -2.04. The van der Waals surface area contributed by atoms with Crippen LogP contribution in [0.4, 0.5) is 24.5 Å². The third-order valence-electron chi connectivity index (χ3n) is 6.95. The summed E-state index contributed by atoms with van der Waals surface area (Å²) in [5.41, 5.74) is 0.530. The standard InChI is InChI=1S/C26H29ClF3N5O2/c1-4-19-21(9-11-31)35(33-25(19)26(28,29)30)17-5-7-18(8-6-17)37-23-10-12-34(15-16(23)2)22-13-24(36-3)32-14-20(22)27/h5-8,13-14,16,19,21,23H,4,9-10,12,15H2,1-3H3/t16?,19-,21-,23?/m0/s1. The fraction of sp³-hybridized carbons (Fsp3) is 0.500. The van der Waals surface area contributed by atoms with Crippen molar-refractivity contribution in [1.82, 2.24) is 4.98 Å². The van der Waals surface area contributed by atoms with Gasteiger partial charge in [0.25, 0.3) is 0 Å². The smallest absolute Gasteiger partial charge is 0.431 e. The van der Waals surface area contributed by atoms with Crippen molar-refractivity contribution in [1.29, 1.82) is 5.26 Å². The molecule has 11 heteroatoms. The average molecular weight is 536 g/mol. The molecule has 2 unspecified atom stereocenters. The summed E-state index contributed by atoms with van der Waals surface area (Å²) in [7, 11) is 1.56. The van der Waals surface area contributed by atoms with Gasteiger partial charge in [0.05, 0.1) is 48.2 Å². The second-order valence-electron chi connectivity index (χ2n) is 9.31. The van der Waals surface area contributed by atoms with E-state index in [4.69, 9.17) is 21.1 Å². The minimum absolute atomic E-state index is 0.0398. The number of ether oxygens (including phenoxy) is 2. The lowest BCUT2D eigenvalue weighted by Crippen LogP contribution is -2.44. The second-order valence-corrected chi connectivity index (χ2v) is 9.72. The monoisotopic (exact) mass is 535 g/mol. The summed E-state index contributed by atoms with van der Waals surface area (Å²) in [6, 6.07) is 10.0. The number of halogens is 4. The number of benzene rings is 1. The van der Waals surface area contributed by atoms with Gasteiger partial charge in [-0.2, -0.15) is 23.5 Å². The molecule has 1 saturated heterocycles. The van der Waals surface area contributed by atoms with Crippen molar-refractivity contribution in [2.45, 2.75) is 51.4 Å². The zero-order valence-electron chi connectivity index (χ0n) is 20.9. The number of aromatic nitrogens is 1. The Morgan fingerprint density at radius 2 is 1.97 bits per heavy atom. The van der Waals surface area contributed by atoms with Crippen LogP contribution in [0.2, 0.25) is 5.02 Å². The van der Waals surface area contributed by atoms with Crippen LogP contribution in [-0.2, 0) is 0 Å². The van der Waals surface area contributed by atoms with Gasteiger partial charge in [-0.25, -0.2) is 4.98 Å². The first-order valence-corrected chi connectivity index (χ1v) is 12.6. The second kappa shape index (κ2) is 11.1. The predicted octanol–water partition coefficient (Wildman–Crippen LogP) is 6.08. The molecule has 2 aliphatic heterocycles. The number of hydrogen-bond donors (Lipinski definition) is 0. The van der Waals surface area contributed by atoms with E-state index in [1.165, 1.54) is 5.01 Å². The molecule has 0 amide bonds. The van der Waals surface area contributed by atoms with E-state index >= 15 is 0 Å². The van der Waals surface area contributed by atoms with Crippen molar-refractivity contribution in [3.8, 4) is 17.7 Å². The maximum atomic E-state index is 13.6. The third-order valence-corrected chi connectivity index (χ3v) is 7.24. The minimum atomic E-state index is -4.54. The highest BCUT2D eigenvalue weighted by molar-refractivity contribution is 6.33. The summed E-state index contributed by atoms with van der Waals surface area (Å²) < 4.78 is 52.2. The number of pyridine rings is 1. The summed E-state index contributed by atoms with van der Waals surface area (Å²) in [4.78, 5) is 6.31. The van der Waals surface area contributed by atoms with Gasteiger partial charge in [0.15, 0.2) is 0 Å². The van der Waals surface area contributed by atoms with E-state index in [9.17, 15) is 18.4 Å². The van der Waals surface area contributed by atoms with Crippen LogP contribution in [0.5, 0.6) is 11.6 Å². The Balaban J connectivity index is 1.45.